The lowest BCUT2D eigenvalue weighted by molar-refractivity contribution is -0.138. The second-order valence-corrected chi connectivity index (χ2v) is 8.95. The number of hydrogen-bond acceptors (Lipinski definition) is 6. The van der Waals surface area contributed by atoms with Gasteiger partial charge < -0.3 is 14.1 Å². The van der Waals surface area contributed by atoms with Gasteiger partial charge in [0.1, 0.15) is 17.2 Å². The van der Waals surface area contributed by atoms with Gasteiger partial charge in [-0.2, -0.15) is 0 Å². The SMILES string of the molecule is O=C(O)C(CCCN1C(=O)c2ccccc2C1=O)N(c1ccc2oc3ccccc3c2c1)S(=O)[O-]. The van der Waals surface area contributed by atoms with E-state index in [1.54, 1.807) is 42.5 Å². The van der Waals surface area contributed by atoms with E-state index in [2.05, 4.69) is 0 Å². The summed E-state index contributed by atoms with van der Waals surface area (Å²) in [6.07, 6.45) is -0.00604. The number of hydrogen-bond donors (Lipinski definition) is 1. The lowest BCUT2D eigenvalue weighted by Gasteiger charge is -2.32. The normalized spacial score (nSPS) is 14.9. The Morgan fingerprint density at radius 2 is 1.60 bits per heavy atom. The Hall–Kier alpha value is -4.02. The van der Waals surface area contributed by atoms with Gasteiger partial charge in [0.25, 0.3) is 11.8 Å². The number of carbonyl (C=O) groups is 3. The van der Waals surface area contributed by atoms with Crippen LogP contribution in [-0.4, -0.2) is 49.1 Å². The van der Waals surface area contributed by atoms with Gasteiger partial charge in [-0.3, -0.25) is 23.0 Å². The van der Waals surface area contributed by atoms with Crippen molar-refractivity contribution < 1.29 is 32.7 Å². The molecule has 0 aliphatic carbocycles. The van der Waals surface area contributed by atoms with Crippen LogP contribution in [0.2, 0.25) is 0 Å². The number of nitrogens with zero attached hydrogens (tertiary/aromatic N) is 2. The van der Waals surface area contributed by atoms with Gasteiger partial charge in [0.05, 0.1) is 16.8 Å². The molecule has 0 saturated heterocycles. The van der Waals surface area contributed by atoms with E-state index >= 15 is 0 Å². The first-order valence-corrected chi connectivity index (χ1v) is 11.9. The molecule has 2 atom stereocenters. The van der Waals surface area contributed by atoms with Crippen molar-refractivity contribution in [3.8, 4) is 0 Å². The number of para-hydroxylation sites is 1. The van der Waals surface area contributed by atoms with Crippen molar-refractivity contribution in [3.63, 3.8) is 0 Å². The lowest BCUT2D eigenvalue weighted by atomic mass is 10.1. The second kappa shape index (κ2) is 8.97. The number of amides is 2. The molecule has 1 aliphatic heterocycles. The first-order valence-electron chi connectivity index (χ1n) is 10.8. The van der Waals surface area contributed by atoms with Crippen LogP contribution in [0.3, 0.4) is 0 Å². The van der Waals surface area contributed by atoms with Gasteiger partial charge in [-0.1, -0.05) is 30.3 Å². The van der Waals surface area contributed by atoms with Gasteiger partial charge in [-0.25, -0.2) is 4.79 Å². The van der Waals surface area contributed by atoms with Crippen LogP contribution in [0.15, 0.2) is 71.1 Å². The first-order chi connectivity index (χ1) is 16.9. The van der Waals surface area contributed by atoms with Crippen LogP contribution in [-0.2, 0) is 16.1 Å². The van der Waals surface area contributed by atoms with E-state index in [-0.39, 0.29) is 25.1 Å². The van der Waals surface area contributed by atoms with E-state index < -0.39 is 35.1 Å². The zero-order valence-electron chi connectivity index (χ0n) is 18.2. The molecule has 2 amide bonds. The topological polar surface area (TPSA) is 131 Å². The highest BCUT2D eigenvalue weighted by molar-refractivity contribution is 7.80. The van der Waals surface area contributed by atoms with Crippen LogP contribution in [0.5, 0.6) is 0 Å². The van der Waals surface area contributed by atoms with Crippen molar-refractivity contribution >= 4 is 56.7 Å². The third-order valence-corrected chi connectivity index (χ3v) is 6.87. The zero-order valence-corrected chi connectivity index (χ0v) is 19.1. The van der Waals surface area contributed by atoms with Crippen molar-refractivity contribution in [1.82, 2.24) is 4.90 Å². The third kappa shape index (κ3) is 3.96. The first kappa shape index (κ1) is 22.8. The van der Waals surface area contributed by atoms with E-state index in [0.717, 1.165) is 14.6 Å². The highest BCUT2D eigenvalue weighted by atomic mass is 32.2. The molecule has 0 radical (unpaired) electrons. The zero-order chi connectivity index (χ0) is 24.7. The minimum atomic E-state index is -2.90. The second-order valence-electron chi connectivity index (χ2n) is 8.13. The fourth-order valence-corrected chi connectivity index (χ4v) is 5.14. The Morgan fingerprint density at radius 3 is 2.26 bits per heavy atom. The van der Waals surface area contributed by atoms with E-state index in [9.17, 15) is 28.3 Å². The highest BCUT2D eigenvalue weighted by Gasteiger charge is 2.35. The average molecular weight is 492 g/mol. The molecule has 1 aliphatic rings. The molecule has 5 rings (SSSR count). The highest BCUT2D eigenvalue weighted by Crippen LogP contribution is 2.33. The van der Waals surface area contributed by atoms with E-state index in [4.69, 9.17) is 4.42 Å². The molecule has 2 unspecified atom stereocenters. The lowest BCUT2D eigenvalue weighted by Crippen LogP contribution is -2.43. The number of aliphatic carboxylic acids is 1. The Labute approximate surface area is 202 Å². The van der Waals surface area contributed by atoms with Crippen LogP contribution >= 0.6 is 0 Å². The van der Waals surface area contributed by atoms with Crippen LogP contribution in [0.4, 0.5) is 5.69 Å². The number of carbonyl (C=O) groups excluding carboxylic acids is 2. The Morgan fingerprint density at radius 1 is 0.971 bits per heavy atom. The Bertz CT molecular complexity index is 1480. The molecule has 2 heterocycles. The number of rotatable bonds is 8. The van der Waals surface area contributed by atoms with Crippen molar-refractivity contribution in [1.29, 1.82) is 0 Å². The number of carboxylic acids is 1. The maximum absolute atomic E-state index is 12.6. The fourth-order valence-electron chi connectivity index (χ4n) is 4.45. The number of benzene rings is 3. The largest absolute Gasteiger partial charge is 0.755 e. The minimum Gasteiger partial charge on any atom is -0.755 e. The summed E-state index contributed by atoms with van der Waals surface area (Å²) in [5.41, 5.74) is 1.95. The molecule has 0 saturated carbocycles. The van der Waals surface area contributed by atoms with E-state index in [0.29, 0.717) is 27.7 Å². The molecule has 178 valence electrons. The van der Waals surface area contributed by atoms with Crippen LogP contribution in [0.25, 0.3) is 21.9 Å². The molecular formula is C25H19N2O7S-. The maximum atomic E-state index is 12.6. The smallest absolute Gasteiger partial charge is 0.327 e. The average Bonchev–Trinajstić information content (AvgIpc) is 3.33. The molecule has 9 nitrogen and oxygen atoms in total. The predicted molar refractivity (Wildman–Crippen MR) is 128 cm³/mol. The maximum Gasteiger partial charge on any atom is 0.327 e. The van der Waals surface area contributed by atoms with Gasteiger partial charge in [-0.05, 0) is 49.2 Å². The molecule has 3 aromatic carbocycles. The fraction of sp³-hybridized carbons (Fsp3) is 0.160. The quantitative estimate of drug-likeness (QED) is 0.294. The Balaban J connectivity index is 1.39. The van der Waals surface area contributed by atoms with Gasteiger partial charge in [0, 0.05) is 28.6 Å². The molecular weight excluding hydrogens is 472 g/mol. The molecule has 0 bridgehead atoms. The van der Waals surface area contributed by atoms with Crippen LogP contribution < -0.4 is 4.31 Å². The van der Waals surface area contributed by atoms with Crippen molar-refractivity contribution in [3.05, 3.63) is 77.9 Å². The number of imide groups is 1. The summed E-state index contributed by atoms with van der Waals surface area (Å²) < 4.78 is 30.9. The summed E-state index contributed by atoms with van der Waals surface area (Å²) in [6.45, 7) is -0.0269. The van der Waals surface area contributed by atoms with Crippen LogP contribution in [0, 0.1) is 0 Å². The molecule has 35 heavy (non-hydrogen) atoms. The van der Waals surface area contributed by atoms with Crippen molar-refractivity contribution in [2.24, 2.45) is 0 Å². The predicted octanol–water partition coefficient (Wildman–Crippen LogP) is 3.72. The van der Waals surface area contributed by atoms with E-state index in [1.807, 2.05) is 18.2 Å². The number of furan rings is 1. The Kier molecular flexibility index (Phi) is 5.83. The summed E-state index contributed by atoms with van der Waals surface area (Å²) in [4.78, 5) is 38.3. The standard InChI is InChI=1S/C25H20N2O7S/c28-23-17-7-1-2-8-18(17)24(29)26(23)13-5-9-20(25(30)31)27(35(32)33)15-11-12-22-19(14-15)16-6-3-4-10-21(16)34-22/h1-4,6-8,10-12,14,20H,5,9,13H2,(H,30,31)(H,32,33)/p-1. The summed E-state index contributed by atoms with van der Waals surface area (Å²) in [7, 11) is 0. The molecule has 0 fully saturated rings. The molecule has 1 aromatic heterocycles. The van der Waals surface area contributed by atoms with Gasteiger partial charge in [0.2, 0.25) is 0 Å². The minimum absolute atomic E-state index is 0.0269. The monoisotopic (exact) mass is 491 g/mol. The molecule has 10 heteroatoms. The molecule has 4 aromatic rings. The summed E-state index contributed by atoms with van der Waals surface area (Å²) in [5.74, 6) is -2.23. The number of fused-ring (bicyclic) bond motifs is 4. The third-order valence-electron chi connectivity index (χ3n) is 6.08. The molecule has 0 spiro atoms. The number of carboxylic acid groups (broad SMARTS) is 1. The van der Waals surface area contributed by atoms with Crippen molar-refractivity contribution in [2.75, 3.05) is 10.8 Å². The summed E-state index contributed by atoms with van der Waals surface area (Å²) >= 11 is -2.90. The van der Waals surface area contributed by atoms with Crippen molar-refractivity contribution in [2.45, 2.75) is 18.9 Å². The van der Waals surface area contributed by atoms with Gasteiger partial charge in [-0.15, -0.1) is 0 Å². The van der Waals surface area contributed by atoms with Gasteiger partial charge in [0.15, 0.2) is 0 Å². The summed E-state index contributed by atoms with van der Waals surface area (Å²) in [6, 6.07) is 17.0. The van der Waals surface area contributed by atoms with Crippen LogP contribution in [0.1, 0.15) is 33.6 Å². The van der Waals surface area contributed by atoms with Gasteiger partial charge >= 0.3 is 5.97 Å². The number of anilines is 1. The van der Waals surface area contributed by atoms with E-state index in [1.165, 1.54) is 6.07 Å². The molecule has 1 N–H and O–H groups in total. The summed E-state index contributed by atoms with van der Waals surface area (Å²) in [5, 5.41) is 11.3.